The summed E-state index contributed by atoms with van der Waals surface area (Å²) in [6, 6.07) is 11.4. The maximum Gasteiger partial charge on any atom is 0.261 e. The van der Waals surface area contributed by atoms with Crippen molar-refractivity contribution in [3.63, 3.8) is 0 Å². The third kappa shape index (κ3) is 7.52. The lowest BCUT2D eigenvalue weighted by atomic mass is 9.52. The minimum Gasteiger partial charge on any atom is -0.338 e. The number of fused-ring (bicyclic) bond motifs is 5. The molecule has 3 aromatic rings. The van der Waals surface area contributed by atoms with Gasteiger partial charge in [0.15, 0.2) is 23.2 Å². The average molecular weight is 738 g/mol. The van der Waals surface area contributed by atoms with Gasteiger partial charge < -0.3 is 4.90 Å². The number of ketones is 2. The topological polar surface area (TPSA) is 159 Å². The van der Waals surface area contributed by atoms with Crippen LogP contribution in [0.4, 0.5) is 5.95 Å². The first-order chi connectivity index (χ1) is 25.2. The van der Waals surface area contributed by atoms with Crippen LogP contribution in [0, 0.1) is 34.5 Å². The van der Waals surface area contributed by atoms with Crippen LogP contribution >= 0.6 is 0 Å². The van der Waals surface area contributed by atoms with Crippen molar-refractivity contribution in [1.29, 1.82) is 0 Å². The van der Waals surface area contributed by atoms with Crippen molar-refractivity contribution in [2.75, 3.05) is 43.9 Å². The quantitative estimate of drug-likeness (QED) is 0.258. The molecule has 1 aliphatic heterocycles. The van der Waals surface area contributed by atoms with E-state index in [1.54, 1.807) is 18.5 Å². The smallest absolute Gasteiger partial charge is 0.261 e. The van der Waals surface area contributed by atoms with E-state index in [0.717, 1.165) is 51.9 Å². The van der Waals surface area contributed by atoms with E-state index >= 15 is 0 Å². The lowest BCUT2D eigenvalue weighted by Gasteiger charge is -2.52. The summed E-state index contributed by atoms with van der Waals surface area (Å²) in [7, 11) is -3.67. The molecule has 1 N–H and O–H groups in total. The summed E-state index contributed by atoms with van der Waals surface area (Å²) < 4.78 is 25.9. The summed E-state index contributed by atoms with van der Waals surface area (Å²) in [6.07, 6.45) is 16.5. The third-order valence-electron chi connectivity index (χ3n) is 12.1. The SMILES string of the molecule is CS(=O)(=O)O.C[C@@H]1C[C@H]2[C@@H]3CCC4=CC(=O)C=C[C@]4(C)C3=CC[C@]2(C)[C@H]1C(=O)CN1CCN(c2nc(-c3ccccn3)nc(-c3ccccn3)n2)CC1. The Labute approximate surface area is 311 Å². The standard InChI is InChI=1S/C39H43N7O2.CH4O3S/c1-25-22-30-28-11-10-26-23-27(47)12-14-38(26,2)29(28)13-15-39(30,3)34(25)33(48)24-45-18-20-46(21-19-45)37-43-35(31-8-4-6-16-40-31)42-36(44-37)32-9-5-7-17-41-32;1-5(2,3)4/h4-9,12-14,16-17,23,25,28,30,34H,10-11,15,18-22,24H2,1-3H3;1H3,(H,2,3,4)/t25-,28-,30+,34-,38+,39+;/m1./s1. The van der Waals surface area contributed by atoms with Crippen LogP contribution in [0.3, 0.4) is 0 Å². The van der Waals surface area contributed by atoms with E-state index in [0.29, 0.717) is 65.3 Å². The number of anilines is 1. The van der Waals surface area contributed by atoms with Crippen LogP contribution in [0.2, 0.25) is 0 Å². The molecule has 0 bridgehead atoms. The summed E-state index contributed by atoms with van der Waals surface area (Å²) in [6.45, 7) is 10.4. The van der Waals surface area contributed by atoms with Gasteiger partial charge in [-0.25, -0.2) is 4.98 Å². The van der Waals surface area contributed by atoms with E-state index in [4.69, 9.17) is 19.5 Å². The molecule has 6 atom stereocenters. The molecule has 3 fully saturated rings. The lowest BCUT2D eigenvalue weighted by Crippen LogP contribution is -2.51. The van der Waals surface area contributed by atoms with Gasteiger partial charge in [0.1, 0.15) is 11.4 Å². The maximum atomic E-state index is 14.2. The number of pyridine rings is 2. The maximum absolute atomic E-state index is 14.2. The molecule has 0 amide bonds. The Hall–Kier alpha value is -4.46. The summed E-state index contributed by atoms with van der Waals surface area (Å²) in [5.41, 5.74) is 3.93. The Balaban J connectivity index is 0.000000817. The van der Waals surface area contributed by atoms with Crippen LogP contribution in [0.5, 0.6) is 0 Å². The van der Waals surface area contributed by atoms with Gasteiger partial charge in [-0.2, -0.15) is 18.4 Å². The molecule has 0 radical (unpaired) electrons. The highest BCUT2D eigenvalue weighted by Gasteiger charge is 2.59. The number of carbonyl (C=O) groups is 2. The molecule has 0 spiro atoms. The van der Waals surface area contributed by atoms with Gasteiger partial charge >= 0.3 is 0 Å². The van der Waals surface area contributed by atoms with Crippen molar-refractivity contribution >= 4 is 27.6 Å². The van der Waals surface area contributed by atoms with Gasteiger partial charge in [-0.1, -0.05) is 49.3 Å². The van der Waals surface area contributed by atoms with Gasteiger partial charge in [-0.05, 0) is 92.2 Å². The van der Waals surface area contributed by atoms with Crippen molar-refractivity contribution in [3.05, 3.63) is 84.2 Å². The number of aromatic nitrogens is 5. The second-order valence-corrected chi connectivity index (χ2v) is 17.1. The van der Waals surface area contributed by atoms with Gasteiger partial charge in [-0.15, -0.1) is 0 Å². The Morgan fingerprint density at radius 2 is 1.58 bits per heavy atom. The van der Waals surface area contributed by atoms with Gasteiger partial charge in [-0.3, -0.25) is 29.0 Å². The Morgan fingerprint density at radius 3 is 2.17 bits per heavy atom. The molecule has 53 heavy (non-hydrogen) atoms. The molecule has 1 saturated heterocycles. The molecule has 278 valence electrons. The van der Waals surface area contributed by atoms with E-state index in [1.165, 1.54) is 11.1 Å². The molecule has 4 heterocycles. The highest BCUT2D eigenvalue weighted by Crippen LogP contribution is 2.65. The number of Topliss-reactive ketones (excluding diaryl/α,β-unsaturated/α-hetero) is 1. The summed E-state index contributed by atoms with van der Waals surface area (Å²) >= 11 is 0. The van der Waals surface area contributed by atoms with Gasteiger partial charge in [0.2, 0.25) is 5.95 Å². The number of rotatable bonds is 6. The molecular formula is C40H47N7O5S. The van der Waals surface area contributed by atoms with Crippen molar-refractivity contribution in [2.24, 2.45) is 34.5 Å². The number of nitrogens with zero attached hydrogens (tertiary/aromatic N) is 7. The molecule has 2 saturated carbocycles. The number of allylic oxidation sites excluding steroid dienone is 6. The van der Waals surface area contributed by atoms with Gasteiger partial charge in [0, 0.05) is 49.9 Å². The predicted octanol–water partition coefficient (Wildman–Crippen LogP) is 5.28. The highest BCUT2D eigenvalue weighted by molar-refractivity contribution is 7.85. The molecule has 8 rings (SSSR count). The lowest BCUT2D eigenvalue weighted by molar-refractivity contribution is -0.129. The van der Waals surface area contributed by atoms with Gasteiger partial charge in [0.05, 0.1) is 12.8 Å². The summed E-state index contributed by atoms with van der Waals surface area (Å²) in [4.78, 5) is 54.2. The minimum absolute atomic E-state index is 0.0348. The Bertz CT molecular complexity index is 2020. The monoisotopic (exact) mass is 737 g/mol. The van der Waals surface area contributed by atoms with Crippen molar-refractivity contribution in [3.8, 4) is 23.0 Å². The third-order valence-corrected chi connectivity index (χ3v) is 12.1. The van der Waals surface area contributed by atoms with Crippen molar-refractivity contribution in [2.45, 2.75) is 46.5 Å². The second kappa shape index (κ2) is 14.4. The number of piperazine rings is 1. The minimum atomic E-state index is -3.67. The summed E-state index contributed by atoms with van der Waals surface area (Å²) in [5, 5.41) is 0. The highest BCUT2D eigenvalue weighted by atomic mass is 32.2. The second-order valence-electron chi connectivity index (χ2n) is 15.6. The molecule has 13 heteroatoms. The zero-order valence-electron chi connectivity index (χ0n) is 30.7. The fourth-order valence-electron chi connectivity index (χ4n) is 9.73. The average Bonchev–Trinajstić information content (AvgIpc) is 3.42. The van der Waals surface area contributed by atoms with E-state index in [-0.39, 0.29) is 22.5 Å². The van der Waals surface area contributed by atoms with Crippen molar-refractivity contribution in [1.82, 2.24) is 29.8 Å². The molecule has 3 aromatic heterocycles. The fraction of sp³-hybridized carbons (Fsp3) is 0.475. The van der Waals surface area contributed by atoms with E-state index in [9.17, 15) is 18.0 Å². The predicted molar refractivity (Wildman–Crippen MR) is 202 cm³/mol. The van der Waals surface area contributed by atoms with Crippen molar-refractivity contribution < 1.29 is 22.6 Å². The van der Waals surface area contributed by atoms with Gasteiger partial charge in [0.25, 0.3) is 10.1 Å². The Morgan fingerprint density at radius 1 is 0.962 bits per heavy atom. The molecule has 0 unspecified atom stereocenters. The molecule has 5 aliphatic rings. The molecule has 12 nitrogen and oxygen atoms in total. The van der Waals surface area contributed by atoms with Crippen LogP contribution in [-0.4, -0.2) is 93.3 Å². The Kier molecular flexibility index (Phi) is 10.0. The van der Waals surface area contributed by atoms with Crippen LogP contribution in [0.1, 0.15) is 46.5 Å². The normalized spacial score (nSPS) is 29.5. The van der Waals surface area contributed by atoms with E-state index < -0.39 is 10.1 Å². The number of carbonyl (C=O) groups excluding carboxylic acids is 2. The van der Waals surface area contributed by atoms with Crippen LogP contribution in [0.15, 0.2) is 84.2 Å². The first-order valence-corrected chi connectivity index (χ1v) is 20.2. The molecule has 0 aromatic carbocycles. The zero-order valence-corrected chi connectivity index (χ0v) is 31.5. The number of hydrogen-bond donors (Lipinski definition) is 1. The molecular weight excluding hydrogens is 691 g/mol. The summed E-state index contributed by atoms with van der Waals surface area (Å²) in [5.74, 6) is 3.53. The fourth-order valence-corrected chi connectivity index (χ4v) is 9.73. The molecule has 4 aliphatic carbocycles. The first kappa shape index (κ1) is 36.9. The first-order valence-electron chi connectivity index (χ1n) is 18.4. The van der Waals surface area contributed by atoms with E-state index in [2.05, 4.69) is 52.7 Å². The van der Waals surface area contributed by atoms with Crippen LogP contribution in [-0.2, 0) is 19.7 Å². The van der Waals surface area contributed by atoms with E-state index in [1.807, 2.05) is 42.5 Å². The zero-order chi connectivity index (χ0) is 37.5. The van der Waals surface area contributed by atoms with Crippen LogP contribution < -0.4 is 4.90 Å². The van der Waals surface area contributed by atoms with Crippen LogP contribution in [0.25, 0.3) is 23.0 Å². The number of hydrogen-bond acceptors (Lipinski definition) is 11. The largest absolute Gasteiger partial charge is 0.338 e.